The molecule has 2 nitrogen and oxygen atoms in total. The monoisotopic (exact) mass is 846 g/mol. The van der Waals surface area contributed by atoms with Gasteiger partial charge in [0.1, 0.15) is 0 Å². The molecule has 10 aromatic carbocycles. The van der Waals surface area contributed by atoms with Crippen LogP contribution in [0, 0.1) is 0 Å². The fourth-order valence-corrected chi connectivity index (χ4v) is 13.3. The van der Waals surface area contributed by atoms with Gasteiger partial charge in [-0.25, -0.2) is 0 Å². The second-order valence-electron chi connectivity index (χ2n) is 18.4. The Morgan fingerprint density at radius 3 is 1.86 bits per heavy atom. The summed E-state index contributed by atoms with van der Waals surface area (Å²) in [6.07, 6.45) is 0. The number of aromatic nitrogens is 1. The third-order valence-corrected chi connectivity index (χ3v) is 16.0. The molecule has 11 aromatic rings. The lowest BCUT2D eigenvalue weighted by Gasteiger charge is -2.46. The van der Waals surface area contributed by atoms with Crippen molar-refractivity contribution in [3.8, 4) is 27.9 Å². The minimum Gasteiger partial charge on any atom is -0.310 e. The van der Waals surface area contributed by atoms with Crippen LogP contribution in [0.1, 0.15) is 47.2 Å². The van der Waals surface area contributed by atoms with Gasteiger partial charge in [-0.15, -0.1) is 0 Å². The SMILES string of the molecule is CC1(C)c2ccccc2-c2ccc(-n3c4ccccc4c4cc(N(c5ccccc5)c5ccc6c(c5)Sc5ccccc5C65c6ccccc6-c6cccc7cccc5c67)ccc43)cc21. The van der Waals surface area contributed by atoms with Gasteiger partial charge in [0.25, 0.3) is 0 Å². The van der Waals surface area contributed by atoms with E-state index in [-0.39, 0.29) is 5.41 Å². The minimum atomic E-state index is -0.492. The lowest BCUT2D eigenvalue weighted by molar-refractivity contribution is 0.660. The largest absolute Gasteiger partial charge is 0.310 e. The van der Waals surface area contributed by atoms with Gasteiger partial charge in [0.05, 0.1) is 16.4 Å². The van der Waals surface area contributed by atoms with Crippen molar-refractivity contribution in [2.75, 3.05) is 4.90 Å². The second-order valence-corrected chi connectivity index (χ2v) is 19.5. The van der Waals surface area contributed by atoms with E-state index in [0.717, 1.165) is 17.1 Å². The smallest absolute Gasteiger partial charge is 0.0735 e. The average molecular weight is 847 g/mol. The normalized spacial score (nSPS) is 16.0. The second kappa shape index (κ2) is 13.5. The van der Waals surface area contributed by atoms with Crippen molar-refractivity contribution in [3.05, 3.63) is 252 Å². The maximum Gasteiger partial charge on any atom is 0.0735 e. The van der Waals surface area contributed by atoms with Crippen LogP contribution in [0.3, 0.4) is 0 Å². The van der Waals surface area contributed by atoms with Crippen LogP contribution in [-0.2, 0) is 10.8 Å². The molecule has 0 saturated carbocycles. The fourth-order valence-electron chi connectivity index (χ4n) is 12.1. The van der Waals surface area contributed by atoms with Crippen LogP contribution < -0.4 is 4.90 Å². The summed E-state index contributed by atoms with van der Waals surface area (Å²) in [6, 6.07) is 82.0. The summed E-state index contributed by atoms with van der Waals surface area (Å²) in [6.45, 7) is 4.73. The third-order valence-electron chi connectivity index (χ3n) is 14.8. The summed E-state index contributed by atoms with van der Waals surface area (Å²) in [4.78, 5) is 5.01. The van der Waals surface area contributed by atoms with Gasteiger partial charge in [-0.2, -0.15) is 0 Å². The summed E-state index contributed by atoms with van der Waals surface area (Å²) < 4.78 is 2.47. The zero-order chi connectivity index (χ0) is 43.0. The lowest BCUT2D eigenvalue weighted by Crippen LogP contribution is -2.36. The highest BCUT2D eigenvalue weighted by Crippen LogP contribution is 2.62. The maximum atomic E-state index is 2.47. The highest BCUT2D eigenvalue weighted by molar-refractivity contribution is 7.99. The van der Waals surface area contributed by atoms with E-state index >= 15 is 0 Å². The van der Waals surface area contributed by atoms with Crippen molar-refractivity contribution < 1.29 is 0 Å². The van der Waals surface area contributed by atoms with Crippen LogP contribution >= 0.6 is 11.8 Å². The summed E-state index contributed by atoms with van der Waals surface area (Å²) in [5.41, 5.74) is 19.8. The molecule has 306 valence electrons. The van der Waals surface area contributed by atoms with Gasteiger partial charge in [0.15, 0.2) is 0 Å². The van der Waals surface area contributed by atoms with Crippen molar-refractivity contribution in [1.82, 2.24) is 4.57 Å². The standard InChI is InChI=1S/C62H42N2S/c1-61(2)50-24-9-6-20-44(50)46-33-30-42(37-55(46)61)64-56-28-12-8-22-47(56)49-36-41(32-35-57(49)64)63(40-18-4-3-5-19-40)43-31-34-53-59(38-43)65-58-29-13-11-26-52(58)62(53)51-25-10-7-21-45(51)48-23-14-16-39-17-15-27-54(62)60(39)48/h3-38H,1-2H3. The predicted octanol–water partition coefficient (Wildman–Crippen LogP) is 16.5. The molecule has 0 saturated heterocycles. The molecule has 0 radical (unpaired) electrons. The number of nitrogens with zero attached hydrogens (tertiary/aromatic N) is 2. The van der Waals surface area contributed by atoms with Gasteiger partial charge in [0.2, 0.25) is 0 Å². The van der Waals surface area contributed by atoms with E-state index in [1.54, 1.807) is 0 Å². The zero-order valence-electron chi connectivity index (χ0n) is 36.1. The van der Waals surface area contributed by atoms with Crippen molar-refractivity contribution >= 4 is 61.4 Å². The number of hydrogen-bond acceptors (Lipinski definition) is 2. The first kappa shape index (κ1) is 36.8. The van der Waals surface area contributed by atoms with Crippen molar-refractivity contribution in [2.24, 2.45) is 0 Å². The van der Waals surface area contributed by atoms with E-state index in [1.165, 1.54) is 104 Å². The summed E-state index contributed by atoms with van der Waals surface area (Å²) in [7, 11) is 0. The Morgan fingerprint density at radius 1 is 0.385 bits per heavy atom. The Labute approximate surface area is 383 Å². The topological polar surface area (TPSA) is 8.17 Å². The molecule has 3 aliphatic rings. The van der Waals surface area contributed by atoms with Gasteiger partial charge in [-0.05, 0) is 133 Å². The minimum absolute atomic E-state index is 0.0862. The van der Waals surface area contributed by atoms with Gasteiger partial charge < -0.3 is 9.47 Å². The van der Waals surface area contributed by atoms with Gasteiger partial charge >= 0.3 is 0 Å². The molecule has 0 amide bonds. The van der Waals surface area contributed by atoms with E-state index < -0.39 is 5.41 Å². The third kappa shape index (κ3) is 4.96. The van der Waals surface area contributed by atoms with Crippen molar-refractivity contribution in [1.29, 1.82) is 0 Å². The number of benzene rings is 10. The number of anilines is 3. The molecule has 3 heteroatoms. The van der Waals surface area contributed by atoms with Gasteiger partial charge in [0, 0.05) is 48.7 Å². The molecule has 0 fully saturated rings. The molecule has 14 rings (SSSR count). The molecule has 1 aliphatic heterocycles. The molecule has 2 aliphatic carbocycles. The Hall–Kier alpha value is -7.59. The van der Waals surface area contributed by atoms with Crippen LogP contribution in [0.15, 0.2) is 228 Å². The molecular weight excluding hydrogens is 805 g/mol. The maximum absolute atomic E-state index is 2.47. The highest BCUT2D eigenvalue weighted by atomic mass is 32.2. The molecule has 0 bridgehead atoms. The Morgan fingerprint density at radius 2 is 1.00 bits per heavy atom. The zero-order valence-corrected chi connectivity index (χ0v) is 36.9. The van der Waals surface area contributed by atoms with E-state index in [9.17, 15) is 0 Å². The average Bonchev–Trinajstić information content (AvgIpc) is 3.80. The highest BCUT2D eigenvalue weighted by Gasteiger charge is 2.48. The van der Waals surface area contributed by atoms with Crippen molar-refractivity contribution in [2.45, 2.75) is 34.5 Å². The van der Waals surface area contributed by atoms with Gasteiger partial charge in [-0.1, -0.05) is 177 Å². The van der Waals surface area contributed by atoms with Crippen LogP contribution in [0.4, 0.5) is 17.1 Å². The summed E-state index contributed by atoms with van der Waals surface area (Å²) in [5, 5.41) is 5.09. The van der Waals surface area contributed by atoms with E-state index in [0.29, 0.717) is 0 Å². The summed E-state index contributed by atoms with van der Waals surface area (Å²) in [5.74, 6) is 0. The molecule has 65 heavy (non-hydrogen) atoms. The van der Waals surface area contributed by atoms with Crippen LogP contribution in [0.25, 0.3) is 60.5 Å². The first-order valence-corrected chi connectivity index (χ1v) is 23.5. The molecule has 1 atom stereocenters. The first-order chi connectivity index (χ1) is 32.0. The molecule has 2 heterocycles. The van der Waals surface area contributed by atoms with E-state index in [1.807, 2.05) is 11.8 Å². The Balaban J connectivity index is 0.968. The molecule has 1 aromatic heterocycles. The van der Waals surface area contributed by atoms with Crippen molar-refractivity contribution in [3.63, 3.8) is 0 Å². The summed E-state index contributed by atoms with van der Waals surface area (Å²) >= 11 is 1.90. The van der Waals surface area contributed by atoms with E-state index in [4.69, 9.17) is 0 Å². The lowest BCUT2D eigenvalue weighted by atomic mass is 9.59. The van der Waals surface area contributed by atoms with E-state index in [2.05, 4.69) is 242 Å². The van der Waals surface area contributed by atoms with Crippen LogP contribution in [0.5, 0.6) is 0 Å². The van der Waals surface area contributed by atoms with Crippen LogP contribution in [-0.4, -0.2) is 4.57 Å². The number of para-hydroxylation sites is 2. The molecular formula is C62H42N2S. The number of hydrogen-bond donors (Lipinski definition) is 0. The fraction of sp³-hybridized carbons (Fsp3) is 0.0645. The Bertz CT molecular complexity index is 3800. The molecule has 1 unspecified atom stereocenters. The number of fused-ring (bicyclic) bond motifs is 14. The van der Waals surface area contributed by atoms with Gasteiger partial charge in [-0.3, -0.25) is 0 Å². The first-order valence-electron chi connectivity index (χ1n) is 22.7. The quantitative estimate of drug-likeness (QED) is 0.174. The van der Waals surface area contributed by atoms with Crippen LogP contribution in [0.2, 0.25) is 0 Å². The molecule has 1 spiro atoms. The Kier molecular flexibility index (Phi) is 7.63. The predicted molar refractivity (Wildman–Crippen MR) is 272 cm³/mol. The molecule has 0 N–H and O–H groups in total. The number of rotatable bonds is 4.